The molecule has 20 rings (SSSR count). The van der Waals surface area contributed by atoms with Gasteiger partial charge in [0, 0.05) is 89.1 Å². The van der Waals surface area contributed by atoms with Gasteiger partial charge < -0.3 is 13.7 Å². The first-order valence-corrected chi connectivity index (χ1v) is 31.6. The Balaban J connectivity index is 0.000000144. The molecular formula is C86H53N9. The summed E-state index contributed by atoms with van der Waals surface area (Å²) in [5.41, 5.74) is 15.7. The molecule has 442 valence electrons. The van der Waals surface area contributed by atoms with Gasteiger partial charge in [0.2, 0.25) is 0 Å². The van der Waals surface area contributed by atoms with Crippen LogP contribution in [0.15, 0.2) is 322 Å². The SMILES string of the molecule is [2H]c1c([2H])c([2H])c(-c2nc(-c3ccc(-n4c5ccccc5c5cc6ccccc6cc54)cc3)nc3ccccc23)c([2H])c1[2H].c1ccc(-n2c3ccccc3c3cc(-c4nc(-c5ccc(-n6c7ccccc7c7cc8ccccc8cc76)c6ccccc56)nc5nccnc45)ccc32)cc1. The molecule has 0 unspecified atom stereocenters. The maximum absolute atomic E-state index is 8.58. The zero-order valence-electron chi connectivity index (χ0n) is 55.7. The number of benzene rings is 14. The molecule has 9 nitrogen and oxygen atoms in total. The van der Waals surface area contributed by atoms with Gasteiger partial charge >= 0.3 is 0 Å². The van der Waals surface area contributed by atoms with Crippen molar-refractivity contribution >= 4 is 120 Å². The van der Waals surface area contributed by atoms with Crippen molar-refractivity contribution in [3.63, 3.8) is 0 Å². The van der Waals surface area contributed by atoms with Crippen molar-refractivity contribution in [3.05, 3.63) is 322 Å². The number of para-hydroxylation sites is 5. The highest BCUT2D eigenvalue weighted by Crippen LogP contribution is 2.42. The van der Waals surface area contributed by atoms with Gasteiger partial charge in [0.05, 0.1) is 56.9 Å². The predicted molar refractivity (Wildman–Crippen MR) is 392 cm³/mol. The summed E-state index contributed by atoms with van der Waals surface area (Å²) >= 11 is 0. The molecule has 0 saturated heterocycles. The van der Waals surface area contributed by atoms with E-state index in [0.29, 0.717) is 39.4 Å². The van der Waals surface area contributed by atoms with Crippen LogP contribution in [-0.4, -0.2) is 43.6 Å². The second-order valence-electron chi connectivity index (χ2n) is 23.8. The Hall–Kier alpha value is -13.0. The van der Waals surface area contributed by atoms with Gasteiger partial charge in [0.1, 0.15) is 11.2 Å². The predicted octanol–water partition coefficient (Wildman–Crippen LogP) is 21.5. The van der Waals surface area contributed by atoms with Crippen molar-refractivity contribution in [1.82, 2.24) is 43.6 Å². The third-order valence-electron chi connectivity index (χ3n) is 18.5. The Morgan fingerprint density at radius 1 is 0.284 bits per heavy atom. The van der Waals surface area contributed by atoms with Crippen LogP contribution in [0.2, 0.25) is 0 Å². The molecule has 0 bridgehead atoms. The van der Waals surface area contributed by atoms with Gasteiger partial charge in [-0.3, -0.25) is 0 Å². The van der Waals surface area contributed by atoms with E-state index in [4.69, 9.17) is 36.8 Å². The summed E-state index contributed by atoms with van der Waals surface area (Å²) in [6.07, 6.45) is 3.42. The lowest BCUT2D eigenvalue weighted by Gasteiger charge is -2.15. The molecule has 20 aromatic rings. The lowest BCUT2D eigenvalue weighted by atomic mass is 10.0. The van der Waals surface area contributed by atoms with E-state index in [0.717, 1.165) is 77.7 Å². The minimum Gasteiger partial charge on any atom is -0.309 e. The van der Waals surface area contributed by atoms with Crippen LogP contribution in [0.25, 0.3) is 182 Å². The molecule has 9 heteroatoms. The second kappa shape index (κ2) is 21.9. The van der Waals surface area contributed by atoms with Crippen molar-refractivity contribution < 1.29 is 6.85 Å². The summed E-state index contributed by atoms with van der Waals surface area (Å²) in [6.45, 7) is 0. The van der Waals surface area contributed by atoms with Gasteiger partial charge in [-0.25, -0.2) is 29.9 Å². The summed E-state index contributed by atoms with van der Waals surface area (Å²) in [5.74, 6) is 1.01. The van der Waals surface area contributed by atoms with Gasteiger partial charge in [-0.2, -0.15) is 0 Å². The van der Waals surface area contributed by atoms with Crippen molar-refractivity contribution in [3.8, 4) is 62.4 Å². The molecule has 0 aliphatic carbocycles. The molecule has 6 heterocycles. The van der Waals surface area contributed by atoms with Crippen LogP contribution in [0.3, 0.4) is 0 Å². The number of hydrogen-bond acceptors (Lipinski definition) is 6. The molecule has 0 aliphatic heterocycles. The van der Waals surface area contributed by atoms with Gasteiger partial charge in [0.25, 0.3) is 0 Å². The topological polar surface area (TPSA) is 92.1 Å². The van der Waals surface area contributed by atoms with Crippen molar-refractivity contribution in [2.24, 2.45) is 0 Å². The largest absolute Gasteiger partial charge is 0.309 e. The molecule has 14 aromatic carbocycles. The van der Waals surface area contributed by atoms with Crippen molar-refractivity contribution in [1.29, 1.82) is 0 Å². The van der Waals surface area contributed by atoms with E-state index >= 15 is 0 Å². The fourth-order valence-electron chi connectivity index (χ4n) is 14.2. The highest BCUT2D eigenvalue weighted by atomic mass is 15.0. The standard InChI is InChI=1S/C50H30N6.C36H23N3/c1-2-14-34(15-3-1)55-42-20-10-8-18-37(42)40-29-33(22-24-45(40)55)47-48-50(52-27-26-51-48)54-49(53-47)39-23-25-44(36-17-7-6-16-35(36)39)56-43-21-11-9-19-38(43)41-28-31-12-4-5-13-32(31)30-46(41)56;1-2-10-24(11-3-1)35-30-15-6-8-16-32(30)37-36(38-35)25-18-20-28(21-19-25)39-33-17-9-7-14-29(33)31-22-26-12-4-5-13-27(26)23-34(31)39/h1-30H;1-23H/i;1D,2D,3D,10D,11D. The van der Waals surface area contributed by atoms with Crippen LogP contribution in [0.5, 0.6) is 0 Å². The summed E-state index contributed by atoms with van der Waals surface area (Å²) in [7, 11) is 0. The Morgan fingerprint density at radius 3 is 1.45 bits per heavy atom. The zero-order valence-corrected chi connectivity index (χ0v) is 50.7. The van der Waals surface area contributed by atoms with Crippen LogP contribution < -0.4 is 0 Å². The Labute approximate surface area is 551 Å². The third-order valence-corrected chi connectivity index (χ3v) is 18.5. The average Bonchev–Trinajstić information content (AvgIpc) is 1.51. The van der Waals surface area contributed by atoms with Crippen molar-refractivity contribution in [2.45, 2.75) is 0 Å². The minimum absolute atomic E-state index is 0.0602. The minimum atomic E-state index is -0.434. The van der Waals surface area contributed by atoms with E-state index in [1.807, 2.05) is 48.5 Å². The number of aromatic nitrogens is 9. The number of fused-ring (bicyclic) bond motifs is 14. The number of hydrogen-bond donors (Lipinski definition) is 0. The molecular weight excluding hydrogens is 1160 g/mol. The Morgan fingerprint density at radius 2 is 0.779 bits per heavy atom. The first-order valence-electron chi connectivity index (χ1n) is 34.1. The Kier molecular flexibility index (Phi) is 11.2. The fourth-order valence-corrected chi connectivity index (χ4v) is 14.2. The lowest BCUT2D eigenvalue weighted by Crippen LogP contribution is -2.00. The van der Waals surface area contributed by atoms with Gasteiger partial charge in [-0.1, -0.05) is 200 Å². The number of rotatable bonds is 7. The van der Waals surface area contributed by atoms with Crippen molar-refractivity contribution in [2.75, 3.05) is 0 Å². The van der Waals surface area contributed by atoms with E-state index in [-0.39, 0.29) is 17.6 Å². The second-order valence-corrected chi connectivity index (χ2v) is 23.8. The van der Waals surface area contributed by atoms with Gasteiger partial charge in [0.15, 0.2) is 17.3 Å². The molecule has 95 heavy (non-hydrogen) atoms. The average molecular weight is 1220 g/mol. The molecule has 0 amide bonds. The van der Waals surface area contributed by atoms with E-state index in [2.05, 4.69) is 244 Å². The maximum atomic E-state index is 8.58. The molecule has 0 radical (unpaired) electrons. The maximum Gasteiger partial charge on any atom is 0.182 e. The Bertz CT molecular complexity index is 6770. The molecule has 0 spiro atoms. The summed E-state index contributed by atoms with van der Waals surface area (Å²) in [6, 6.07) is 95.4. The fraction of sp³-hybridized carbons (Fsp3) is 0. The van der Waals surface area contributed by atoms with Gasteiger partial charge in [-0.05, 0) is 136 Å². The summed E-state index contributed by atoms with van der Waals surface area (Å²) in [5, 5.41) is 14.8. The molecule has 0 N–H and O–H groups in total. The van der Waals surface area contributed by atoms with E-state index in [9.17, 15) is 0 Å². The first-order chi connectivity index (χ1) is 49.2. The highest BCUT2D eigenvalue weighted by molar-refractivity contribution is 6.17. The normalized spacial score (nSPS) is 12.5. The van der Waals surface area contributed by atoms with Crippen LogP contribution in [0.1, 0.15) is 6.85 Å². The molecule has 6 aromatic heterocycles. The summed E-state index contributed by atoms with van der Waals surface area (Å²) in [4.78, 5) is 29.5. The van der Waals surface area contributed by atoms with Crippen LogP contribution in [0, 0.1) is 0 Å². The van der Waals surface area contributed by atoms with Gasteiger partial charge in [-0.15, -0.1) is 0 Å². The lowest BCUT2D eigenvalue weighted by molar-refractivity contribution is 1.15. The van der Waals surface area contributed by atoms with E-state index in [1.54, 1.807) is 12.4 Å². The van der Waals surface area contributed by atoms with E-state index < -0.39 is 18.1 Å². The third kappa shape index (κ3) is 8.86. The number of nitrogens with zero attached hydrogens (tertiary/aromatic N) is 9. The first kappa shape index (κ1) is 48.8. The smallest absolute Gasteiger partial charge is 0.182 e. The zero-order chi connectivity index (χ0) is 66.9. The molecule has 0 aliphatic rings. The van der Waals surface area contributed by atoms with Crippen LogP contribution in [-0.2, 0) is 0 Å². The van der Waals surface area contributed by atoms with Crippen LogP contribution in [0.4, 0.5) is 0 Å². The quantitative estimate of drug-likeness (QED) is 0.158. The monoisotopic (exact) mass is 1220 g/mol. The molecule has 0 atom stereocenters. The summed E-state index contributed by atoms with van der Waals surface area (Å²) < 4.78 is 48.6. The highest BCUT2D eigenvalue weighted by Gasteiger charge is 2.22. The van der Waals surface area contributed by atoms with Crippen LogP contribution >= 0.6 is 0 Å². The van der Waals surface area contributed by atoms with E-state index in [1.165, 1.54) is 59.5 Å². The molecule has 0 fully saturated rings. The molecule has 0 saturated carbocycles.